The van der Waals surface area contributed by atoms with Crippen LogP contribution in [0.4, 0.5) is 0 Å². The summed E-state index contributed by atoms with van der Waals surface area (Å²) < 4.78 is 10.5. The molecular weight excluding hydrogens is 320 g/mol. The van der Waals surface area contributed by atoms with Crippen LogP contribution in [-0.4, -0.2) is 64.9 Å². The Kier molecular flexibility index (Phi) is 4.78. The highest BCUT2D eigenvalue weighted by Gasteiger charge is 2.41. The summed E-state index contributed by atoms with van der Waals surface area (Å²) in [5, 5.41) is 7.86. The minimum atomic E-state index is 0.252. The molecule has 3 aliphatic rings. The predicted octanol–water partition coefficient (Wildman–Crippen LogP) is 1.76. The van der Waals surface area contributed by atoms with Gasteiger partial charge < -0.3 is 9.64 Å². The van der Waals surface area contributed by atoms with Gasteiger partial charge in [0.1, 0.15) is 11.4 Å². The van der Waals surface area contributed by atoms with Crippen LogP contribution in [0, 0.1) is 12.3 Å². The summed E-state index contributed by atoms with van der Waals surface area (Å²) in [6.07, 6.45) is 6.49. The molecule has 25 heavy (non-hydrogen) atoms. The zero-order valence-electron chi connectivity index (χ0n) is 15.1. The maximum absolute atomic E-state index is 12.4. The zero-order valence-corrected chi connectivity index (χ0v) is 15.1. The van der Waals surface area contributed by atoms with Crippen LogP contribution in [0.15, 0.2) is 4.63 Å². The first-order valence-electron chi connectivity index (χ1n) is 9.53. The van der Waals surface area contributed by atoms with Gasteiger partial charge in [-0.25, -0.2) is 4.63 Å². The maximum atomic E-state index is 12.4. The van der Waals surface area contributed by atoms with Crippen molar-refractivity contribution in [3.05, 3.63) is 11.4 Å². The number of nitrogens with zero attached hydrogens (tertiary/aromatic N) is 4. The number of amides is 1. The molecular formula is C18H28N4O3. The number of carbonyl (C=O) groups is 1. The van der Waals surface area contributed by atoms with Crippen molar-refractivity contribution < 1.29 is 14.2 Å². The van der Waals surface area contributed by atoms with Gasteiger partial charge in [-0.3, -0.25) is 9.69 Å². The lowest BCUT2D eigenvalue weighted by atomic mass is 9.72. The molecule has 4 heterocycles. The zero-order chi connectivity index (χ0) is 17.3. The molecule has 3 saturated heterocycles. The summed E-state index contributed by atoms with van der Waals surface area (Å²) in [7, 11) is 0. The van der Waals surface area contributed by atoms with Gasteiger partial charge in [-0.1, -0.05) is 10.3 Å². The SMILES string of the molecule is Cc1nonc1CN1CCC2(CCC(=O)N(C[C@@H]3CCCO3)C2)CC1. The first kappa shape index (κ1) is 17.0. The van der Waals surface area contributed by atoms with Gasteiger partial charge in [0.25, 0.3) is 0 Å². The van der Waals surface area contributed by atoms with Crippen molar-refractivity contribution in [2.75, 3.05) is 32.8 Å². The lowest BCUT2D eigenvalue weighted by Gasteiger charge is -2.47. The molecule has 1 aromatic heterocycles. The first-order chi connectivity index (χ1) is 12.1. The smallest absolute Gasteiger partial charge is 0.222 e. The molecule has 0 aliphatic carbocycles. The third-order valence-corrected chi connectivity index (χ3v) is 6.23. The Balaban J connectivity index is 1.33. The van der Waals surface area contributed by atoms with Crippen molar-refractivity contribution in [3.63, 3.8) is 0 Å². The van der Waals surface area contributed by atoms with Gasteiger partial charge in [0.2, 0.25) is 5.91 Å². The number of piperidine rings is 2. The normalized spacial score (nSPS) is 27.3. The van der Waals surface area contributed by atoms with Crippen molar-refractivity contribution in [1.82, 2.24) is 20.1 Å². The lowest BCUT2D eigenvalue weighted by molar-refractivity contribution is -0.141. The molecule has 0 unspecified atom stereocenters. The van der Waals surface area contributed by atoms with Crippen LogP contribution in [0.2, 0.25) is 0 Å². The Morgan fingerprint density at radius 1 is 1.24 bits per heavy atom. The van der Waals surface area contributed by atoms with Crippen LogP contribution in [0.3, 0.4) is 0 Å². The average molecular weight is 348 g/mol. The van der Waals surface area contributed by atoms with E-state index in [-0.39, 0.29) is 6.10 Å². The van der Waals surface area contributed by atoms with E-state index < -0.39 is 0 Å². The number of hydrogen-bond donors (Lipinski definition) is 0. The summed E-state index contributed by atoms with van der Waals surface area (Å²) in [6.45, 7) is 7.39. The van der Waals surface area contributed by atoms with Gasteiger partial charge in [0, 0.05) is 32.7 Å². The van der Waals surface area contributed by atoms with Crippen LogP contribution < -0.4 is 0 Å². The second-order valence-electron chi connectivity index (χ2n) is 7.98. The third-order valence-electron chi connectivity index (χ3n) is 6.23. The molecule has 0 N–H and O–H groups in total. The molecule has 0 saturated carbocycles. The van der Waals surface area contributed by atoms with Crippen LogP contribution in [0.25, 0.3) is 0 Å². The molecule has 7 nitrogen and oxygen atoms in total. The van der Waals surface area contributed by atoms with E-state index in [4.69, 9.17) is 9.37 Å². The fourth-order valence-electron chi connectivity index (χ4n) is 4.50. The Morgan fingerprint density at radius 2 is 2.08 bits per heavy atom. The Labute approximate surface area is 148 Å². The van der Waals surface area contributed by atoms with Gasteiger partial charge in [-0.05, 0) is 57.5 Å². The molecule has 1 amide bonds. The number of carbonyl (C=O) groups excluding carboxylic acids is 1. The summed E-state index contributed by atoms with van der Waals surface area (Å²) >= 11 is 0. The minimum Gasteiger partial charge on any atom is -0.376 e. The lowest BCUT2D eigenvalue weighted by Crippen LogP contribution is -2.52. The quantitative estimate of drug-likeness (QED) is 0.826. The molecule has 0 aromatic carbocycles. The number of hydrogen-bond acceptors (Lipinski definition) is 6. The van der Waals surface area contributed by atoms with Crippen molar-refractivity contribution in [2.45, 2.75) is 58.1 Å². The highest BCUT2D eigenvalue weighted by Crippen LogP contribution is 2.40. The fourth-order valence-corrected chi connectivity index (χ4v) is 4.50. The van der Waals surface area contributed by atoms with Gasteiger partial charge in [0.15, 0.2) is 0 Å². The van der Waals surface area contributed by atoms with E-state index in [0.717, 1.165) is 82.8 Å². The van der Waals surface area contributed by atoms with Crippen molar-refractivity contribution >= 4 is 5.91 Å². The van der Waals surface area contributed by atoms with Crippen molar-refractivity contribution in [1.29, 1.82) is 0 Å². The molecule has 1 atom stereocenters. The molecule has 3 aliphatic heterocycles. The van der Waals surface area contributed by atoms with Gasteiger partial charge in [-0.15, -0.1) is 0 Å². The van der Waals surface area contributed by atoms with E-state index in [2.05, 4.69) is 20.1 Å². The largest absolute Gasteiger partial charge is 0.376 e. The van der Waals surface area contributed by atoms with Crippen LogP contribution in [0.5, 0.6) is 0 Å². The van der Waals surface area contributed by atoms with Gasteiger partial charge in [0.05, 0.1) is 6.10 Å². The summed E-state index contributed by atoms with van der Waals surface area (Å²) in [5.41, 5.74) is 2.11. The molecule has 1 spiro atoms. The summed E-state index contributed by atoms with van der Waals surface area (Å²) in [5.74, 6) is 0.313. The molecule has 1 aromatic rings. The van der Waals surface area contributed by atoms with Gasteiger partial charge in [-0.2, -0.15) is 0 Å². The van der Waals surface area contributed by atoms with Crippen molar-refractivity contribution in [2.24, 2.45) is 5.41 Å². The second kappa shape index (κ2) is 7.03. The minimum absolute atomic E-state index is 0.252. The van der Waals surface area contributed by atoms with E-state index in [9.17, 15) is 4.79 Å². The van der Waals surface area contributed by atoms with E-state index in [1.807, 2.05) is 6.92 Å². The number of rotatable bonds is 4. The summed E-state index contributed by atoms with van der Waals surface area (Å²) in [4.78, 5) is 16.9. The predicted molar refractivity (Wildman–Crippen MR) is 90.8 cm³/mol. The maximum Gasteiger partial charge on any atom is 0.222 e. The van der Waals surface area contributed by atoms with Crippen LogP contribution in [-0.2, 0) is 16.1 Å². The van der Waals surface area contributed by atoms with Crippen molar-refractivity contribution in [3.8, 4) is 0 Å². The van der Waals surface area contributed by atoms with Gasteiger partial charge >= 0.3 is 0 Å². The van der Waals surface area contributed by atoms with Crippen LogP contribution >= 0.6 is 0 Å². The van der Waals surface area contributed by atoms with Crippen LogP contribution in [0.1, 0.15) is 49.9 Å². The van der Waals surface area contributed by atoms with E-state index in [1.54, 1.807) is 0 Å². The molecule has 0 bridgehead atoms. The molecule has 138 valence electrons. The number of ether oxygens (including phenoxy) is 1. The highest BCUT2D eigenvalue weighted by atomic mass is 16.6. The number of aromatic nitrogens is 2. The monoisotopic (exact) mass is 348 g/mol. The van der Waals surface area contributed by atoms with E-state index in [0.29, 0.717) is 17.7 Å². The third kappa shape index (κ3) is 3.72. The van der Waals surface area contributed by atoms with E-state index in [1.165, 1.54) is 0 Å². The fraction of sp³-hybridized carbons (Fsp3) is 0.833. The number of likely N-dealkylation sites (tertiary alicyclic amines) is 2. The Morgan fingerprint density at radius 3 is 2.76 bits per heavy atom. The standard InChI is InChI=1S/C18H28N4O3/c1-14-16(20-25-19-14)12-21-8-6-18(7-9-21)5-4-17(23)22(13-18)11-15-3-2-10-24-15/h15H,2-13H2,1H3/t15-/m0/s1. The number of aryl methyl sites for hydroxylation is 1. The second-order valence-corrected chi connectivity index (χ2v) is 7.98. The molecule has 4 rings (SSSR count). The van der Waals surface area contributed by atoms with E-state index >= 15 is 0 Å². The molecule has 3 fully saturated rings. The average Bonchev–Trinajstić information content (AvgIpc) is 3.26. The Bertz CT molecular complexity index is 603. The first-order valence-corrected chi connectivity index (χ1v) is 9.53. The molecule has 0 radical (unpaired) electrons. The Hall–Kier alpha value is -1.47. The summed E-state index contributed by atoms with van der Waals surface area (Å²) in [6, 6.07) is 0. The topological polar surface area (TPSA) is 71.7 Å². The molecule has 7 heteroatoms. The highest BCUT2D eigenvalue weighted by molar-refractivity contribution is 5.77.